The minimum absolute atomic E-state index is 0.154. The fraction of sp³-hybridized carbons (Fsp3) is 0.933. The molecule has 0 radical (unpaired) electrons. The van der Waals surface area contributed by atoms with Crippen LogP contribution in [-0.2, 0) is 4.79 Å². The van der Waals surface area contributed by atoms with Gasteiger partial charge in [0.25, 0.3) is 0 Å². The Hall–Kier alpha value is -0.570. The fourth-order valence-corrected chi connectivity index (χ4v) is 2.72. The van der Waals surface area contributed by atoms with E-state index in [4.69, 9.17) is 5.73 Å². The molecule has 0 aromatic carbocycles. The van der Waals surface area contributed by atoms with Crippen LogP contribution < -0.4 is 5.73 Å². The minimum Gasteiger partial charge on any atom is -0.342 e. The molecule has 1 aliphatic heterocycles. The lowest BCUT2D eigenvalue weighted by atomic mass is 9.90. The Bertz CT molecular complexity index is 267. The van der Waals surface area contributed by atoms with Crippen LogP contribution in [0.2, 0.25) is 0 Å². The summed E-state index contributed by atoms with van der Waals surface area (Å²) in [5.74, 6) is 0.914. The first-order valence-corrected chi connectivity index (χ1v) is 7.52. The van der Waals surface area contributed by atoms with Crippen molar-refractivity contribution >= 4 is 5.91 Å². The molecule has 1 fully saturated rings. The van der Waals surface area contributed by atoms with Gasteiger partial charge in [-0.25, -0.2) is 0 Å². The van der Waals surface area contributed by atoms with E-state index in [-0.39, 0.29) is 5.41 Å². The zero-order chi connectivity index (χ0) is 13.6. The van der Waals surface area contributed by atoms with Gasteiger partial charge in [0.05, 0.1) is 0 Å². The number of amides is 1. The Morgan fingerprint density at radius 1 is 1.44 bits per heavy atom. The molecule has 0 bridgehead atoms. The molecule has 0 aromatic heterocycles. The molecule has 3 nitrogen and oxygen atoms in total. The molecule has 0 saturated carbocycles. The van der Waals surface area contributed by atoms with E-state index >= 15 is 0 Å². The summed E-state index contributed by atoms with van der Waals surface area (Å²) < 4.78 is 0. The van der Waals surface area contributed by atoms with Crippen LogP contribution in [0.25, 0.3) is 0 Å². The average molecular weight is 254 g/mol. The van der Waals surface area contributed by atoms with Gasteiger partial charge in [-0.05, 0) is 30.7 Å². The third-order valence-electron chi connectivity index (χ3n) is 4.41. The molecular formula is C15H30N2O. The van der Waals surface area contributed by atoms with Crippen LogP contribution in [0, 0.1) is 11.3 Å². The molecule has 18 heavy (non-hydrogen) atoms. The number of hydrogen-bond donors (Lipinski definition) is 1. The second kappa shape index (κ2) is 7.13. The van der Waals surface area contributed by atoms with Gasteiger partial charge in [-0.3, -0.25) is 4.79 Å². The summed E-state index contributed by atoms with van der Waals surface area (Å²) in [6, 6.07) is 0. The maximum Gasteiger partial charge on any atom is 0.222 e. The summed E-state index contributed by atoms with van der Waals surface area (Å²) in [4.78, 5) is 14.3. The second-order valence-corrected chi connectivity index (χ2v) is 6.20. The molecule has 106 valence electrons. The first-order chi connectivity index (χ1) is 8.54. The molecule has 0 aromatic rings. The third kappa shape index (κ3) is 4.27. The van der Waals surface area contributed by atoms with E-state index < -0.39 is 0 Å². The zero-order valence-electron chi connectivity index (χ0n) is 12.4. The minimum atomic E-state index is 0.154. The van der Waals surface area contributed by atoms with Crippen LogP contribution in [0.15, 0.2) is 0 Å². The van der Waals surface area contributed by atoms with Gasteiger partial charge in [0, 0.05) is 19.5 Å². The zero-order valence-corrected chi connectivity index (χ0v) is 12.4. The first-order valence-electron chi connectivity index (χ1n) is 7.52. The maximum atomic E-state index is 12.3. The monoisotopic (exact) mass is 254 g/mol. The quantitative estimate of drug-likeness (QED) is 0.759. The van der Waals surface area contributed by atoms with E-state index in [1.54, 1.807) is 0 Å². The summed E-state index contributed by atoms with van der Waals surface area (Å²) >= 11 is 0. The van der Waals surface area contributed by atoms with Crippen molar-refractivity contribution in [2.45, 2.75) is 59.3 Å². The molecule has 1 rings (SSSR count). The number of carbonyl (C=O) groups is 1. The molecule has 1 aliphatic rings. The van der Waals surface area contributed by atoms with Crippen LogP contribution in [0.1, 0.15) is 59.3 Å². The van der Waals surface area contributed by atoms with Crippen LogP contribution in [0.5, 0.6) is 0 Å². The van der Waals surface area contributed by atoms with E-state index in [2.05, 4.69) is 20.8 Å². The van der Waals surface area contributed by atoms with Gasteiger partial charge in [-0.1, -0.05) is 40.0 Å². The van der Waals surface area contributed by atoms with Crippen molar-refractivity contribution in [3.05, 3.63) is 0 Å². The summed E-state index contributed by atoms with van der Waals surface area (Å²) in [5, 5.41) is 0. The van der Waals surface area contributed by atoms with Crippen molar-refractivity contribution < 1.29 is 4.79 Å². The standard InChI is InChI=1S/C15H30N2O/c1-4-6-7-13(5-2)10-14(18)17-9-8-15(3,11-16)12-17/h13H,4-12,16H2,1-3H3. The molecule has 2 atom stereocenters. The molecule has 2 N–H and O–H groups in total. The Kier molecular flexibility index (Phi) is 6.13. The van der Waals surface area contributed by atoms with Crippen molar-refractivity contribution in [2.75, 3.05) is 19.6 Å². The predicted octanol–water partition coefficient (Wildman–Crippen LogP) is 2.79. The molecule has 1 amide bonds. The maximum absolute atomic E-state index is 12.3. The Morgan fingerprint density at radius 2 is 2.17 bits per heavy atom. The lowest BCUT2D eigenvalue weighted by Gasteiger charge is -2.24. The van der Waals surface area contributed by atoms with Gasteiger partial charge >= 0.3 is 0 Å². The van der Waals surface area contributed by atoms with Crippen molar-refractivity contribution in [1.82, 2.24) is 4.90 Å². The fourth-order valence-electron chi connectivity index (χ4n) is 2.72. The van der Waals surface area contributed by atoms with Gasteiger partial charge < -0.3 is 10.6 Å². The largest absolute Gasteiger partial charge is 0.342 e. The lowest BCUT2D eigenvalue weighted by Crippen LogP contribution is -2.35. The van der Waals surface area contributed by atoms with E-state index in [0.29, 0.717) is 18.4 Å². The highest BCUT2D eigenvalue weighted by Gasteiger charge is 2.35. The van der Waals surface area contributed by atoms with Crippen LogP contribution in [0.4, 0.5) is 0 Å². The van der Waals surface area contributed by atoms with Crippen LogP contribution in [-0.4, -0.2) is 30.4 Å². The topological polar surface area (TPSA) is 46.3 Å². The second-order valence-electron chi connectivity index (χ2n) is 6.20. The normalized spacial score (nSPS) is 25.4. The predicted molar refractivity (Wildman–Crippen MR) is 76.3 cm³/mol. The van der Waals surface area contributed by atoms with E-state index in [0.717, 1.165) is 32.4 Å². The van der Waals surface area contributed by atoms with Gasteiger partial charge in [-0.15, -0.1) is 0 Å². The van der Waals surface area contributed by atoms with Crippen molar-refractivity contribution in [3.8, 4) is 0 Å². The number of unbranched alkanes of at least 4 members (excludes halogenated alkanes) is 1. The van der Waals surface area contributed by atoms with Crippen molar-refractivity contribution in [1.29, 1.82) is 0 Å². The molecule has 3 heteroatoms. The number of hydrogen-bond acceptors (Lipinski definition) is 2. The molecule has 1 heterocycles. The third-order valence-corrected chi connectivity index (χ3v) is 4.41. The molecule has 2 unspecified atom stereocenters. The highest BCUT2D eigenvalue weighted by Crippen LogP contribution is 2.29. The highest BCUT2D eigenvalue weighted by atomic mass is 16.2. The summed E-state index contributed by atoms with van der Waals surface area (Å²) in [6.07, 6.45) is 6.57. The first kappa shape index (κ1) is 15.5. The Morgan fingerprint density at radius 3 is 2.67 bits per heavy atom. The Balaban J connectivity index is 2.41. The average Bonchev–Trinajstić information content (AvgIpc) is 2.78. The van der Waals surface area contributed by atoms with E-state index in [1.165, 1.54) is 19.3 Å². The van der Waals surface area contributed by atoms with Crippen LogP contribution >= 0.6 is 0 Å². The summed E-state index contributed by atoms with van der Waals surface area (Å²) in [6.45, 7) is 9.03. The molecule has 0 aliphatic carbocycles. The number of likely N-dealkylation sites (tertiary alicyclic amines) is 1. The van der Waals surface area contributed by atoms with Gasteiger partial charge in [-0.2, -0.15) is 0 Å². The smallest absolute Gasteiger partial charge is 0.222 e. The summed E-state index contributed by atoms with van der Waals surface area (Å²) in [7, 11) is 0. The SMILES string of the molecule is CCCCC(CC)CC(=O)N1CCC(C)(CN)C1. The highest BCUT2D eigenvalue weighted by molar-refractivity contribution is 5.76. The van der Waals surface area contributed by atoms with Gasteiger partial charge in [0.2, 0.25) is 5.91 Å². The summed E-state index contributed by atoms with van der Waals surface area (Å²) in [5.41, 5.74) is 5.94. The molecule has 0 spiro atoms. The van der Waals surface area contributed by atoms with Gasteiger partial charge in [0.15, 0.2) is 0 Å². The number of carbonyl (C=O) groups excluding carboxylic acids is 1. The van der Waals surface area contributed by atoms with E-state index in [1.807, 2.05) is 4.90 Å². The molecule has 1 saturated heterocycles. The van der Waals surface area contributed by atoms with Crippen LogP contribution in [0.3, 0.4) is 0 Å². The number of nitrogens with zero attached hydrogens (tertiary/aromatic N) is 1. The molecular weight excluding hydrogens is 224 g/mol. The number of rotatable bonds is 7. The van der Waals surface area contributed by atoms with Crippen molar-refractivity contribution in [3.63, 3.8) is 0 Å². The number of nitrogens with two attached hydrogens (primary N) is 1. The van der Waals surface area contributed by atoms with Gasteiger partial charge in [0.1, 0.15) is 0 Å². The Labute approximate surface area is 112 Å². The lowest BCUT2D eigenvalue weighted by molar-refractivity contribution is -0.131. The van der Waals surface area contributed by atoms with E-state index in [9.17, 15) is 4.79 Å². The van der Waals surface area contributed by atoms with Crippen molar-refractivity contribution in [2.24, 2.45) is 17.1 Å².